The van der Waals surface area contributed by atoms with Crippen molar-refractivity contribution in [3.63, 3.8) is 0 Å². The average Bonchev–Trinajstić information content (AvgIpc) is 2.61. The number of nitrogens with zero attached hydrogens (tertiary/aromatic N) is 1. The maximum Gasteiger partial charge on any atom is 0.00200 e. The van der Waals surface area contributed by atoms with Crippen LogP contribution in [0.4, 0.5) is 0 Å². The Labute approximate surface area is 101 Å². The van der Waals surface area contributed by atoms with Gasteiger partial charge in [0.1, 0.15) is 0 Å². The first kappa shape index (κ1) is 13.4. The quantitative estimate of drug-likeness (QED) is 0.709. The van der Waals surface area contributed by atoms with Gasteiger partial charge in [-0.1, -0.05) is 27.7 Å². The smallest absolute Gasteiger partial charge is 0.00200 e. The first-order valence-corrected chi connectivity index (χ1v) is 7.01. The minimum atomic E-state index is 0.763. The lowest BCUT2D eigenvalue weighted by Crippen LogP contribution is -2.31. The van der Waals surface area contributed by atoms with Crippen LogP contribution < -0.4 is 0 Å². The molecule has 0 bridgehead atoms. The molecule has 0 N–H and O–H groups in total. The van der Waals surface area contributed by atoms with Crippen molar-refractivity contribution in [2.75, 3.05) is 25.4 Å². The Kier molecular flexibility index (Phi) is 5.48. The van der Waals surface area contributed by atoms with Crippen molar-refractivity contribution < 1.29 is 0 Å². The van der Waals surface area contributed by atoms with Crippen LogP contribution in [0.3, 0.4) is 0 Å². The van der Waals surface area contributed by atoms with E-state index in [2.05, 4.69) is 45.2 Å². The molecule has 0 aromatic heterocycles. The molecule has 2 atom stereocenters. The van der Waals surface area contributed by atoms with Gasteiger partial charge >= 0.3 is 0 Å². The van der Waals surface area contributed by atoms with Crippen LogP contribution >= 0.6 is 12.6 Å². The molecule has 0 aromatic rings. The molecule has 1 aliphatic heterocycles. The van der Waals surface area contributed by atoms with Crippen molar-refractivity contribution >= 4 is 12.6 Å². The zero-order valence-corrected chi connectivity index (χ0v) is 11.6. The van der Waals surface area contributed by atoms with Crippen molar-refractivity contribution in [3.8, 4) is 0 Å². The third-order valence-electron chi connectivity index (χ3n) is 3.92. The van der Waals surface area contributed by atoms with E-state index < -0.39 is 0 Å². The SMILES string of the molecule is CC(C)C(CS)CN1CCC(C(C)C)C1. The molecular weight excluding hydrogens is 202 g/mol. The fraction of sp³-hybridized carbons (Fsp3) is 1.00. The molecule has 0 spiro atoms. The second-order valence-electron chi connectivity index (χ2n) is 5.74. The zero-order valence-electron chi connectivity index (χ0n) is 10.7. The summed E-state index contributed by atoms with van der Waals surface area (Å²) in [5.41, 5.74) is 0. The zero-order chi connectivity index (χ0) is 11.4. The van der Waals surface area contributed by atoms with Crippen LogP contribution in [0.5, 0.6) is 0 Å². The van der Waals surface area contributed by atoms with Crippen LogP contribution in [0.2, 0.25) is 0 Å². The number of likely N-dealkylation sites (tertiary alicyclic amines) is 1. The molecule has 0 radical (unpaired) electrons. The fourth-order valence-corrected chi connectivity index (χ4v) is 2.92. The molecule has 0 amide bonds. The first-order chi connectivity index (χ1) is 7.04. The molecule has 1 heterocycles. The summed E-state index contributed by atoms with van der Waals surface area (Å²) in [5.74, 6) is 4.33. The van der Waals surface area contributed by atoms with Crippen LogP contribution in [-0.2, 0) is 0 Å². The second-order valence-corrected chi connectivity index (χ2v) is 6.10. The van der Waals surface area contributed by atoms with E-state index >= 15 is 0 Å². The van der Waals surface area contributed by atoms with Crippen molar-refractivity contribution in [1.82, 2.24) is 4.90 Å². The molecular formula is C13H27NS. The van der Waals surface area contributed by atoms with Gasteiger partial charge in [0.15, 0.2) is 0 Å². The van der Waals surface area contributed by atoms with Crippen LogP contribution in [0.1, 0.15) is 34.1 Å². The minimum Gasteiger partial charge on any atom is -0.303 e. The molecule has 15 heavy (non-hydrogen) atoms. The third-order valence-corrected chi connectivity index (χ3v) is 4.39. The van der Waals surface area contributed by atoms with E-state index in [0.717, 1.165) is 29.4 Å². The van der Waals surface area contributed by atoms with E-state index in [0.29, 0.717) is 0 Å². The van der Waals surface area contributed by atoms with Gasteiger partial charge in [-0.3, -0.25) is 0 Å². The van der Waals surface area contributed by atoms with Gasteiger partial charge in [0.2, 0.25) is 0 Å². The maximum atomic E-state index is 4.46. The number of thiol groups is 1. The molecule has 0 aliphatic carbocycles. The first-order valence-electron chi connectivity index (χ1n) is 6.37. The Bertz CT molecular complexity index is 179. The molecule has 2 heteroatoms. The van der Waals surface area contributed by atoms with Crippen LogP contribution in [-0.4, -0.2) is 30.3 Å². The fourth-order valence-electron chi connectivity index (χ4n) is 2.38. The van der Waals surface area contributed by atoms with Gasteiger partial charge in [-0.2, -0.15) is 12.6 Å². The largest absolute Gasteiger partial charge is 0.303 e. The molecule has 1 rings (SSSR count). The average molecular weight is 229 g/mol. The van der Waals surface area contributed by atoms with Crippen molar-refractivity contribution in [2.45, 2.75) is 34.1 Å². The van der Waals surface area contributed by atoms with Gasteiger partial charge in [0.25, 0.3) is 0 Å². The molecule has 1 saturated heterocycles. The summed E-state index contributed by atoms with van der Waals surface area (Å²) in [4.78, 5) is 2.64. The van der Waals surface area contributed by atoms with Crippen molar-refractivity contribution in [2.24, 2.45) is 23.7 Å². The van der Waals surface area contributed by atoms with E-state index in [9.17, 15) is 0 Å². The Balaban J connectivity index is 2.34. The Morgan fingerprint density at radius 3 is 2.33 bits per heavy atom. The summed E-state index contributed by atoms with van der Waals surface area (Å²) < 4.78 is 0. The summed E-state index contributed by atoms with van der Waals surface area (Å²) in [6.07, 6.45) is 1.40. The number of rotatable bonds is 5. The van der Waals surface area contributed by atoms with Gasteiger partial charge in [0.05, 0.1) is 0 Å². The van der Waals surface area contributed by atoms with Gasteiger partial charge in [0, 0.05) is 13.1 Å². The lowest BCUT2D eigenvalue weighted by molar-refractivity contribution is 0.238. The van der Waals surface area contributed by atoms with Crippen LogP contribution in [0.25, 0.3) is 0 Å². The lowest BCUT2D eigenvalue weighted by atomic mass is 9.95. The molecule has 0 aromatic carbocycles. The summed E-state index contributed by atoms with van der Waals surface area (Å²) in [7, 11) is 0. The predicted molar refractivity (Wildman–Crippen MR) is 71.6 cm³/mol. The van der Waals surface area contributed by atoms with Gasteiger partial charge in [-0.05, 0) is 42.4 Å². The van der Waals surface area contributed by atoms with Crippen molar-refractivity contribution in [3.05, 3.63) is 0 Å². The maximum absolute atomic E-state index is 4.46. The third kappa shape index (κ3) is 3.99. The van der Waals surface area contributed by atoms with Gasteiger partial charge in [-0.25, -0.2) is 0 Å². The Hall–Kier alpha value is 0.310. The Morgan fingerprint density at radius 2 is 1.93 bits per heavy atom. The summed E-state index contributed by atoms with van der Waals surface area (Å²) in [5, 5.41) is 0. The van der Waals surface area contributed by atoms with E-state index in [-0.39, 0.29) is 0 Å². The molecule has 1 aliphatic rings. The molecule has 1 nitrogen and oxygen atoms in total. The lowest BCUT2D eigenvalue weighted by Gasteiger charge is -2.25. The standard InChI is InChI=1S/C13H27NS/c1-10(2)12-5-6-14(7-12)8-13(9-15)11(3)4/h10-13,15H,5-9H2,1-4H3. The van der Waals surface area contributed by atoms with Crippen LogP contribution in [0, 0.1) is 23.7 Å². The molecule has 0 saturated carbocycles. The summed E-state index contributed by atoms with van der Waals surface area (Å²) >= 11 is 4.46. The van der Waals surface area contributed by atoms with Crippen molar-refractivity contribution in [1.29, 1.82) is 0 Å². The van der Waals surface area contributed by atoms with E-state index in [1.54, 1.807) is 0 Å². The Morgan fingerprint density at radius 1 is 1.27 bits per heavy atom. The predicted octanol–water partition coefficient (Wildman–Crippen LogP) is 3.17. The topological polar surface area (TPSA) is 3.24 Å². The number of hydrogen-bond acceptors (Lipinski definition) is 2. The highest BCUT2D eigenvalue weighted by atomic mass is 32.1. The highest BCUT2D eigenvalue weighted by Crippen LogP contribution is 2.25. The summed E-state index contributed by atoms with van der Waals surface area (Å²) in [6, 6.07) is 0. The van der Waals surface area contributed by atoms with E-state index in [1.165, 1.54) is 26.1 Å². The second kappa shape index (κ2) is 6.15. The van der Waals surface area contributed by atoms with Gasteiger partial charge in [-0.15, -0.1) is 0 Å². The molecule has 90 valence electrons. The van der Waals surface area contributed by atoms with E-state index in [1.807, 2.05) is 0 Å². The molecule has 2 unspecified atom stereocenters. The van der Waals surface area contributed by atoms with E-state index in [4.69, 9.17) is 0 Å². The van der Waals surface area contributed by atoms with Gasteiger partial charge < -0.3 is 4.90 Å². The number of hydrogen-bond donors (Lipinski definition) is 1. The minimum absolute atomic E-state index is 0.763. The monoisotopic (exact) mass is 229 g/mol. The summed E-state index contributed by atoms with van der Waals surface area (Å²) in [6.45, 7) is 13.2. The van der Waals surface area contributed by atoms with Crippen LogP contribution in [0.15, 0.2) is 0 Å². The highest BCUT2D eigenvalue weighted by Gasteiger charge is 2.26. The molecule has 1 fully saturated rings. The normalized spacial score (nSPS) is 25.4. The highest BCUT2D eigenvalue weighted by molar-refractivity contribution is 7.80.